The van der Waals surface area contributed by atoms with Crippen molar-refractivity contribution in [2.75, 3.05) is 12.5 Å². The van der Waals surface area contributed by atoms with Crippen LogP contribution in [0.4, 0.5) is 8.78 Å². The highest BCUT2D eigenvalue weighted by molar-refractivity contribution is 6.01. The topological polar surface area (TPSA) is 135 Å². The first-order valence-electron chi connectivity index (χ1n) is 8.65. The number of amides is 1. The number of fused-ring (bicyclic) bond motifs is 1. The number of ether oxygens (including phenoxy) is 1. The molecule has 0 spiro atoms. The van der Waals surface area contributed by atoms with Crippen molar-refractivity contribution in [1.29, 1.82) is 0 Å². The number of benzene rings is 1. The van der Waals surface area contributed by atoms with Crippen molar-refractivity contribution >= 4 is 16.9 Å². The lowest BCUT2D eigenvalue weighted by atomic mass is 10.1. The zero-order chi connectivity index (χ0) is 21.3. The number of pyridine rings is 2. The Morgan fingerprint density at radius 3 is 2.45 bits per heavy atom. The lowest BCUT2D eigenvalue weighted by Crippen LogP contribution is -2.29. The summed E-state index contributed by atoms with van der Waals surface area (Å²) in [5.41, 5.74) is 1.45. The fraction of sp³-hybridized carbons (Fsp3) is 0.105. The van der Waals surface area contributed by atoms with E-state index in [-0.39, 0.29) is 40.1 Å². The maximum Gasteiger partial charge on any atom is 0.275 e. The largest absolute Gasteiger partial charge is 0.481 e. The van der Waals surface area contributed by atoms with Crippen molar-refractivity contribution in [2.45, 2.75) is 6.54 Å². The summed E-state index contributed by atoms with van der Waals surface area (Å²) in [6, 6.07) is 6.55. The fourth-order valence-corrected chi connectivity index (χ4v) is 2.94. The van der Waals surface area contributed by atoms with Crippen LogP contribution in [0.1, 0.15) is 15.9 Å². The second-order valence-electron chi connectivity index (χ2n) is 6.23. The van der Waals surface area contributed by atoms with E-state index >= 15 is 0 Å². The minimum Gasteiger partial charge on any atom is -0.481 e. The molecule has 4 aromatic rings. The zero-order valence-electron chi connectivity index (χ0n) is 16.0. The Hall–Kier alpha value is -4.19. The number of carbonyl (C=O) groups excluding carboxylic acids is 1. The van der Waals surface area contributed by atoms with E-state index in [2.05, 4.69) is 20.6 Å². The number of rotatable bonds is 5. The molecule has 12 heteroatoms. The normalized spacial score (nSPS) is 10.5. The van der Waals surface area contributed by atoms with Crippen molar-refractivity contribution in [3.8, 4) is 5.88 Å². The number of nitrogens with zero attached hydrogens (tertiary/aromatic N) is 5. The van der Waals surface area contributed by atoms with Crippen LogP contribution in [0.25, 0.3) is 11.0 Å². The summed E-state index contributed by atoms with van der Waals surface area (Å²) < 4.78 is 36.0. The first-order valence-corrected chi connectivity index (χ1v) is 8.65. The number of hydrogen-bond acceptors (Lipinski definition) is 6. The van der Waals surface area contributed by atoms with Gasteiger partial charge in [0, 0.05) is 17.8 Å². The molecule has 0 saturated carbocycles. The van der Waals surface area contributed by atoms with Gasteiger partial charge >= 0.3 is 0 Å². The molecule has 0 saturated heterocycles. The maximum absolute atomic E-state index is 14.2. The van der Waals surface area contributed by atoms with Crippen LogP contribution >= 0.6 is 0 Å². The Morgan fingerprint density at radius 2 is 1.81 bits per heavy atom. The highest BCUT2D eigenvalue weighted by atomic mass is 19.1. The van der Waals surface area contributed by atoms with Gasteiger partial charge in [-0.05, 0) is 18.2 Å². The van der Waals surface area contributed by atoms with Crippen LogP contribution in [0.5, 0.6) is 5.88 Å². The average molecular weight is 430 g/mol. The third-order valence-electron chi connectivity index (χ3n) is 4.40. The second-order valence-corrected chi connectivity index (χ2v) is 6.23. The molecule has 3 N–H and O–H groups in total. The standard InChI is InChI=1S/C19H14F2N6O3.H2O/c1-30-16-6-5-15-17(24-16)18(28)12(19(29)25-27-9-22-23-10-27)8-26(15)7-11-13(20)3-2-4-14(11)21;/h2-6,8-10H,7H2,1H3,(H,25,29);1H2. The van der Waals surface area contributed by atoms with Gasteiger partial charge in [-0.25, -0.2) is 18.4 Å². The van der Waals surface area contributed by atoms with Gasteiger partial charge in [-0.3, -0.25) is 15.0 Å². The van der Waals surface area contributed by atoms with Crippen molar-refractivity contribution < 1.29 is 23.8 Å². The molecule has 0 radical (unpaired) electrons. The Labute approximate surface area is 173 Å². The zero-order valence-corrected chi connectivity index (χ0v) is 16.0. The van der Waals surface area contributed by atoms with E-state index in [1.807, 2.05) is 0 Å². The van der Waals surface area contributed by atoms with E-state index in [0.717, 1.165) is 16.8 Å². The molecule has 0 fully saturated rings. The summed E-state index contributed by atoms with van der Waals surface area (Å²) in [7, 11) is 1.38. The van der Waals surface area contributed by atoms with Gasteiger partial charge in [-0.2, -0.15) is 0 Å². The Bertz CT molecular complexity index is 1290. The summed E-state index contributed by atoms with van der Waals surface area (Å²) in [6.45, 7) is -0.268. The molecule has 3 heterocycles. The monoisotopic (exact) mass is 430 g/mol. The van der Waals surface area contributed by atoms with Crippen LogP contribution in [-0.2, 0) is 6.54 Å². The number of methoxy groups -OCH3 is 1. The molecule has 0 bridgehead atoms. The SMILES string of the molecule is COc1ccc2c(n1)c(=O)c(C(=O)Nn1cnnc1)cn2Cc1c(F)cccc1F.O. The summed E-state index contributed by atoms with van der Waals surface area (Å²) in [4.78, 5) is 29.7. The molecule has 0 atom stereocenters. The van der Waals surface area contributed by atoms with Crippen LogP contribution < -0.4 is 15.6 Å². The highest BCUT2D eigenvalue weighted by Crippen LogP contribution is 2.19. The number of carbonyl (C=O) groups is 1. The molecule has 0 aliphatic carbocycles. The van der Waals surface area contributed by atoms with E-state index in [1.54, 1.807) is 0 Å². The van der Waals surface area contributed by atoms with E-state index in [0.29, 0.717) is 0 Å². The molecule has 160 valence electrons. The van der Waals surface area contributed by atoms with Crippen molar-refractivity contribution in [2.24, 2.45) is 0 Å². The van der Waals surface area contributed by atoms with Gasteiger partial charge in [0.25, 0.3) is 5.91 Å². The molecule has 1 amide bonds. The Morgan fingerprint density at radius 1 is 1.13 bits per heavy atom. The van der Waals surface area contributed by atoms with Gasteiger partial charge in [0.05, 0.1) is 19.2 Å². The molecule has 10 nitrogen and oxygen atoms in total. The van der Waals surface area contributed by atoms with Crippen molar-refractivity contribution in [1.82, 2.24) is 24.4 Å². The predicted molar refractivity (Wildman–Crippen MR) is 105 cm³/mol. The molecule has 3 aromatic heterocycles. The van der Waals surface area contributed by atoms with E-state index in [1.165, 1.54) is 48.7 Å². The van der Waals surface area contributed by atoms with Crippen LogP contribution in [0.15, 0.2) is 54.0 Å². The average Bonchev–Trinajstić information content (AvgIpc) is 3.25. The molecular formula is C19H16F2N6O4. The summed E-state index contributed by atoms with van der Waals surface area (Å²) in [5.74, 6) is -2.12. The van der Waals surface area contributed by atoms with Crippen LogP contribution in [-0.4, -0.2) is 42.9 Å². The maximum atomic E-state index is 14.2. The summed E-state index contributed by atoms with van der Waals surface area (Å²) in [5, 5.41) is 7.12. The quantitative estimate of drug-likeness (QED) is 0.499. The summed E-state index contributed by atoms with van der Waals surface area (Å²) in [6.07, 6.45) is 3.69. The molecule has 0 aliphatic rings. The molecular weight excluding hydrogens is 414 g/mol. The van der Waals surface area contributed by atoms with Gasteiger partial charge < -0.3 is 14.8 Å². The third kappa shape index (κ3) is 4.09. The molecule has 0 unspecified atom stereocenters. The minimum absolute atomic E-state index is 0. The van der Waals surface area contributed by atoms with Gasteiger partial charge in [0.1, 0.15) is 35.4 Å². The van der Waals surface area contributed by atoms with Gasteiger partial charge in [0.2, 0.25) is 11.3 Å². The van der Waals surface area contributed by atoms with Crippen LogP contribution in [0, 0.1) is 11.6 Å². The Balaban J connectivity index is 0.00000272. The highest BCUT2D eigenvalue weighted by Gasteiger charge is 2.19. The van der Waals surface area contributed by atoms with Crippen molar-refractivity contribution in [3.63, 3.8) is 0 Å². The Kier molecular flexibility index (Phi) is 6.02. The number of hydrogen-bond donors (Lipinski definition) is 1. The van der Waals surface area contributed by atoms with Gasteiger partial charge in [0.15, 0.2) is 0 Å². The first kappa shape index (κ1) is 21.5. The fourth-order valence-electron chi connectivity index (χ4n) is 2.94. The van der Waals surface area contributed by atoms with E-state index < -0.39 is 23.0 Å². The number of halogens is 2. The van der Waals surface area contributed by atoms with Crippen LogP contribution in [0.2, 0.25) is 0 Å². The third-order valence-corrected chi connectivity index (χ3v) is 4.40. The van der Waals surface area contributed by atoms with Crippen molar-refractivity contribution in [3.05, 3.63) is 82.2 Å². The molecule has 0 aliphatic heterocycles. The second kappa shape index (κ2) is 8.67. The molecule has 31 heavy (non-hydrogen) atoms. The molecule has 4 rings (SSSR count). The van der Waals surface area contributed by atoms with Gasteiger partial charge in [-0.15, -0.1) is 10.2 Å². The van der Waals surface area contributed by atoms with E-state index in [4.69, 9.17) is 4.74 Å². The first-order chi connectivity index (χ1) is 14.5. The molecule has 1 aromatic carbocycles. The lowest BCUT2D eigenvalue weighted by molar-refractivity contribution is 0.101. The number of nitrogens with one attached hydrogen (secondary N) is 1. The lowest BCUT2D eigenvalue weighted by Gasteiger charge is -2.14. The summed E-state index contributed by atoms with van der Waals surface area (Å²) >= 11 is 0. The minimum atomic E-state index is -0.769. The van der Waals surface area contributed by atoms with Gasteiger partial charge in [-0.1, -0.05) is 6.07 Å². The smallest absolute Gasteiger partial charge is 0.275 e. The number of aromatic nitrogens is 5. The van der Waals surface area contributed by atoms with Crippen LogP contribution in [0.3, 0.4) is 0 Å². The predicted octanol–water partition coefficient (Wildman–Crippen LogP) is 0.882. The van der Waals surface area contributed by atoms with E-state index in [9.17, 15) is 18.4 Å².